The van der Waals surface area contributed by atoms with Crippen molar-refractivity contribution in [2.45, 2.75) is 44.6 Å². The van der Waals surface area contributed by atoms with E-state index in [1.165, 1.54) is 18.9 Å². The van der Waals surface area contributed by atoms with Crippen molar-refractivity contribution < 1.29 is 18.7 Å². The summed E-state index contributed by atoms with van der Waals surface area (Å²) in [6, 6.07) is 21.0. The van der Waals surface area contributed by atoms with Crippen LogP contribution in [0.2, 0.25) is 0 Å². The third-order valence-corrected chi connectivity index (χ3v) is 8.66. The first-order valence-electron chi connectivity index (χ1n) is 14.7. The van der Waals surface area contributed by atoms with Crippen LogP contribution in [0.1, 0.15) is 47.3 Å². The van der Waals surface area contributed by atoms with Crippen LogP contribution in [0.5, 0.6) is 11.5 Å². The average Bonchev–Trinajstić information content (AvgIpc) is 3.78. The van der Waals surface area contributed by atoms with Crippen LogP contribution < -0.4 is 9.47 Å². The molecule has 210 valence electrons. The number of hydrogen-bond donors (Lipinski definition) is 0. The van der Waals surface area contributed by atoms with Crippen LogP contribution in [0.3, 0.4) is 0 Å². The van der Waals surface area contributed by atoms with Crippen molar-refractivity contribution in [2.75, 3.05) is 33.0 Å². The Morgan fingerprint density at radius 2 is 1.71 bits per heavy atom. The van der Waals surface area contributed by atoms with Gasteiger partial charge in [-0.05, 0) is 111 Å². The van der Waals surface area contributed by atoms with Crippen molar-refractivity contribution >= 4 is 16.8 Å². The number of amides is 1. The number of likely N-dealkylation sites (tertiary alicyclic amines) is 2. The zero-order valence-electron chi connectivity index (χ0n) is 23.2. The summed E-state index contributed by atoms with van der Waals surface area (Å²) in [5.41, 5.74) is 5.25. The molecule has 4 heterocycles. The number of carbonyl (C=O) groups is 1. The lowest BCUT2D eigenvalue weighted by molar-refractivity contribution is 0.0710. The number of carbonyl (C=O) groups excluding carboxylic acids is 1. The van der Waals surface area contributed by atoms with E-state index in [9.17, 15) is 9.18 Å². The summed E-state index contributed by atoms with van der Waals surface area (Å²) in [7, 11) is 0. The molecule has 3 aromatic carbocycles. The second-order valence-electron chi connectivity index (χ2n) is 11.4. The number of hydrogen-bond acceptors (Lipinski definition) is 5. The Morgan fingerprint density at radius 3 is 2.59 bits per heavy atom. The van der Waals surface area contributed by atoms with Crippen LogP contribution in [0.4, 0.5) is 4.39 Å². The first-order valence-corrected chi connectivity index (χ1v) is 14.7. The molecule has 3 aliphatic rings. The fraction of sp³-hybridized carbons (Fsp3) is 0.353. The number of nitrogens with zero attached hydrogens (tertiary/aromatic N) is 3. The standard InChI is InChI=1S/C34H34FN3O3/c35-26-6-3-5-23(17-26)8-11-27-20-30(34(39)38-16-4-7-28(38)21-37-14-1-2-15-37)29-18-24(9-12-31(29)36-27)25-10-13-32-33(19-25)41-22-40-32/h3,5-6,9-10,12-13,17-20,28H,1-2,4,7-8,11,14-16,21-22H2/t28-/m0/s1. The molecule has 0 aliphatic carbocycles. The predicted octanol–water partition coefficient (Wildman–Crippen LogP) is 6.26. The zero-order chi connectivity index (χ0) is 27.8. The molecule has 0 spiro atoms. The summed E-state index contributed by atoms with van der Waals surface area (Å²) in [6.07, 6.45) is 5.84. The molecule has 1 atom stereocenters. The third-order valence-electron chi connectivity index (χ3n) is 8.66. The quantitative estimate of drug-likeness (QED) is 0.272. The summed E-state index contributed by atoms with van der Waals surface area (Å²) in [4.78, 5) is 23.9. The van der Waals surface area contributed by atoms with Gasteiger partial charge in [0.2, 0.25) is 6.79 Å². The van der Waals surface area contributed by atoms with Crippen LogP contribution in [-0.4, -0.2) is 59.7 Å². The average molecular weight is 552 g/mol. The lowest BCUT2D eigenvalue weighted by Gasteiger charge is -2.29. The number of aryl methyl sites for hydroxylation is 2. The fourth-order valence-electron chi connectivity index (χ4n) is 6.52. The molecule has 2 saturated heterocycles. The van der Waals surface area contributed by atoms with Crippen LogP contribution in [0, 0.1) is 5.82 Å². The van der Waals surface area contributed by atoms with E-state index >= 15 is 0 Å². The summed E-state index contributed by atoms with van der Waals surface area (Å²) < 4.78 is 24.9. The smallest absolute Gasteiger partial charge is 0.254 e. The lowest BCUT2D eigenvalue weighted by atomic mass is 9.98. The van der Waals surface area contributed by atoms with Gasteiger partial charge in [-0.25, -0.2) is 4.39 Å². The van der Waals surface area contributed by atoms with E-state index < -0.39 is 0 Å². The first-order chi connectivity index (χ1) is 20.1. The Kier molecular flexibility index (Phi) is 7.05. The van der Waals surface area contributed by atoms with E-state index in [1.807, 2.05) is 42.5 Å². The predicted molar refractivity (Wildman–Crippen MR) is 157 cm³/mol. The second kappa shape index (κ2) is 11.1. The van der Waals surface area contributed by atoms with Gasteiger partial charge in [-0.3, -0.25) is 9.78 Å². The van der Waals surface area contributed by atoms with E-state index in [2.05, 4.69) is 15.9 Å². The largest absolute Gasteiger partial charge is 0.454 e. The fourth-order valence-corrected chi connectivity index (χ4v) is 6.52. The highest BCUT2D eigenvalue weighted by Crippen LogP contribution is 2.37. The van der Waals surface area contributed by atoms with Crippen LogP contribution >= 0.6 is 0 Å². The number of halogens is 1. The first kappa shape index (κ1) is 26.0. The molecular formula is C34H34FN3O3. The Bertz CT molecular complexity index is 1600. The molecule has 6 nitrogen and oxygen atoms in total. The highest BCUT2D eigenvalue weighted by atomic mass is 19.1. The van der Waals surface area contributed by atoms with Crippen molar-refractivity contribution in [1.29, 1.82) is 0 Å². The van der Waals surface area contributed by atoms with Gasteiger partial charge in [0.1, 0.15) is 5.82 Å². The van der Waals surface area contributed by atoms with Gasteiger partial charge < -0.3 is 19.3 Å². The van der Waals surface area contributed by atoms with Gasteiger partial charge in [0, 0.05) is 30.2 Å². The van der Waals surface area contributed by atoms with Crippen molar-refractivity contribution in [3.05, 3.63) is 89.4 Å². The van der Waals surface area contributed by atoms with Gasteiger partial charge in [0.05, 0.1) is 11.1 Å². The normalized spacial score (nSPS) is 18.5. The van der Waals surface area contributed by atoms with Gasteiger partial charge in [-0.2, -0.15) is 0 Å². The molecule has 4 aromatic rings. The number of rotatable bonds is 7. The number of fused-ring (bicyclic) bond motifs is 2. The van der Waals surface area contributed by atoms with Crippen LogP contribution in [-0.2, 0) is 12.8 Å². The molecule has 7 rings (SSSR count). The van der Waals surface area contributed by atoms with Crippen molar-refractivity contribution in [3.8, 4) is 22.6 Å². The van der Waals surface area contributed by atoms with Crippen LogP contribution in [0.15, 0.2) is 66.7 Å². The molecular weight excluding hydrogens is 517 g/mol. The SMILES string of the molecule is O=C(c1cc(CCc2cccc(F)c2)nc2ccc(-c3ccc4c(c3)OCO4)cc12)N1CCC[C@H]1CN1CCCC1. The minimum absolute atomic E-state index is 0.0777. The molecule has 7 heteroatoms. The minimum atomic E-state index is -0.237. The maximum absolute atomic E-state index is 14.3. The maximum atomic E-state index is 14.3. The third kappa shape index (κ3) is 5.38. The lowest BCUT2D eigenvalue weighted by Crippen LogP contribution is -2.42. The number of aromatic nitrogens is 1. The minimum Gasteiger partial charge on any atom is -0.454 e. The topological polar surface area (TPSA) is 54.9 Å². The van der Waals surface area contributed by atoms with Gasteiger partial charge in [0.25, 0.3) is 5.91 Å². The summed E-state index contributed by atoms with van der Waals surface area (Å²) >= 11 is 0. The maximum Gasteiger partial charge on any atom is 0.254 e. The van der Waals surface area contributed by atoms with Crippen molar-refractivity contribution in [2.24, 2.45) is 0 Å². The Morgan fingerprint density at radius 1 is 0.878 bits per heavy atom. The second-order valence-corrected chi connectivity index (χ2v) is 11.4. The van der Waals surface area contributed by atoms with Gasteiger partial charge in [0.15, 0.2) is 11.5 Å². The molecule has 1 aromatic heterocycles. The summed E-state index contributed by atoms with van der Waals surface area (Å²) in [6.45, 7) is 4.21. The van der Waals surface area contributed by atoms with E-state index in [0.717, 1.165) is 83.8 Å². The number of benzene rings is 3. The Labute approximate surface area is 239 Å². The Balaban J connectivity index is 1.25. The zero-order valence-corrected chi connectivity index (χ0v) is 23.2. The van der Waals surface area contributed by atoms with E-state index in [0.29, 0.717) is 18.4 Å². The number of ether oxygens (including phenoxy) is 2. The molecule has 0 unspecified atom stereocenters. The molecule has 2 fully saturated rings. The molecule has 41 heavy (non-hydrogen) atoms. The highest BCUT2D eigenvalue weighted by molar-refractivity contribution is 6.07. The van der Waals surface area contributed by atoms with Gasteiger partial charge in [-0.15, -0.1) is 0 Å². The monoisotopic (exact) mass is 551 g/mol. The van der Waals surface area contributed by atoms with E-state index in [4.69, 9.17) is 14.5 Å². The molecule has 0 bridgehead atoms. The van der Waals surface area contributed by atoms with Crippen molar-refractivity contribution in [3.63, 3.8) is 0 Å². The van der Waals surface area contributed by atoms with Gasteiger partial charge in [-0.1, -0.05) is 24.3 Å². The number of pyridine rings is 1. The van der Waals surface area contributed by atoms with Gasteiger partial charge >= 0.3 is 0 Å². The highest BCUT2D eigenvalue weighted by Gasteiger charge is 2.32. The van der Waals surface area contributed by atoms with Crippen molar-refractivity contribution in [1.82, 2.24) is 14.8 Å². The molecule has 0 radical (unpaired) electrons. The molecule has 3 aliphatic heterocycles. The van der Waals surface area contributed by atoms with E-state index in [1.54, 1.807) is 12.1 Å². The molecule has 0 N–H and O–H groups in total. The van der Waals surface area contributed by atoms with Crippen LogP contribution in [0.25, 0.3) is 22.0 Å². The summed E-state index contributed by atoms with van der Waals surface area (Å²) in [5.74, 6) is 1.31. The summed E-state index contributed by atoms with van der Waals surface area (Å²) in [5, 5.41) is 0.853. The van der Waals surface area contributed by atoms with E-state index in [-0.39, 0.29) is 24.6 Å². The molecule has 1 amide bonds. The Hall–Kier alpha value is -3.97. The molecule has 0 saturated carbocycles.